The van der Waals surface area contributed by atoms with Gasteiger partial charge in [0.15, 0.2) is 0 Å². The Hall–Kier alpha value is -2.84. The van der Waals surface area contributed by atoms with Crippen LogP contribution < -0.4 is 0 Å². The van der Waals surface area contributed by atoms with Gasteiger partial charge in [-0.05, 0) is 66.6 Å². The topological polar surface area (TPSA) is 8.17 Å². The molecule has 3 aromatic carbocycles. The van der Waals surface area contributed by atoms with Gasteiger partial charge in [0, 0.05) is 36.8 Å². The van der Waals surface area contributed by atoms with Gasteiger partial charge in [0.25, 0.3) is 0 Å². The van der Waals surface area contributed by atoms with E-state index in [9.17, 15) is 0 Å². The molecule has 0 atom stereocenters. The highest BCUT2D eigenvalue weighted by Gasteiger charge is 2.21. The molecule has 0 bridgehead atoms. The third-order valence-electron chi connectivity index (χ3n) is 6.06. The molecule has 0 unspecified atom stereocenters. The number of hydrogen-bond acceptors (Lipinski definition) is 1. The Morgan fingerprint density at radius 1 is 0.964 bits per heavy atom. The summed E-state index contributed by atoms with van der Waals surface area (Å²) in [4.78, 5) is 2.42. The van der Waals surface area contributed by atoms with Crippen molar-refractivity contribution in [3.8, 4) is 0 Å². The molecule has 0 saturated carbocycles. The van der Waals surface area contributed by atoms with E-state index < -0.39 is 0 Å². The second-order valence-corrected chi connectivity index (χ2v) is 8.18. The summed E-state index contributed by atoms with van der Waals surface area (Å²) >= 11 is 0. The van der Waals surface area contributed by atoms with Crippen molar-refractivity contribution in [2.45, 2.75) is 26.8 Å². The van der Waals surface area contributed by atoms with Crippen LogP contribution in [-0.4, -0.2) is 23.1 Å². The molecule has 0 spiro atoms. The number of hydrogen-bond donors (Lipinski definition) is 0. The molecule has 0 fully saturated rings. The van der Waals surface area contributed by atoms with Gasteiger partial charge in [-0.3, -0.25) is 0 Å². The minimum absolute atomic E-state index is 1.03. The van der Waals surface area contributed by atoms with Gasteiger partial charge in [-0.25, -0.2) is 0 Å². The Morgan fingerprint density at radius 2 is 1.79 bits per heavy atom. The zero-order valence-electron chi connectivity index (χ0n) is 16.9. The Labute approximate surface area is 166 Å². The first kappa shape index (κ1) is 17.3. The maximum Gasteiger partial charge on any atom is 0.0529 e. The first-order valence-electron chi connectivity index (χ1n) is 10.1. The predicted molar refractivity (Wildman–Crippen MR) is 121 cm³/mol. The molecule has 0 amide bonds. The maximum atomic E-state index is 2.45. The van der Waals surface area contributed by atoms with Gasteiger partial charge in [0.2, 0.25) is 0 Å². The minimum Gasteiger partial charge on any atom is -0.320 e. The van der Waals surface area contributed by atoms with E-state index in [0.29, 0.717) is 0 Å². The Morgan fingerprint density at radius 3 is 2.64 bits per heavy atom. The zero-order valence-corrected chi connectivity index (χ0v) is 16.9. The first-order chi connectivity index (χ1) is 13.6. The third kappa shape index (κ3) is 2.85. The molecule has 1 aliphatic heterocycles. The number of benzene rings is 3. The highest BCUT2D eigenvalue weighted by molar-refractivity contribution is 5.92. The summed E-state index contributed by atoms with van der Waals surface area (Å²) in [6, 6.07) is 22.2. The van der Waals surface area contributed by atoms with Crippen LogP contribution in [0.2, 0.25) is 0 Å². The van der Waals surface area contributed by atoms with Crippen molar-refractivity contribution in [3.63, 3.8) is 0 Å². The van der Waals surface area contributed by atoms with Gasteiger partial charge in [0.05, 0.1) is 5.52 Å². The van der Waals surface area contributed by atoms with Crippen molar-refractivity contribution >= 4 is 33.4 Å². The van der Waals surface area contributed by atoms with Crippen molar-refractivity contribution in [2.24, 2.45) is 0 Å². The van der Waals surface area contributed by atoms with E-state index in [4.69, 9.17) is 0 Å². The quantitative estimate of drug-likeness (QED) is 0.415. The van der Waals surface area contributed by atoms with Crippen LogP contribution in [0, 0.1) is 6.92 Å². The average molecular weight is 367 g/mol. The number of nitrogens with zero attached hydrogens (tertiary/aromatic N) is 2. The summed E-state index contributed by atoms with van der Waals surface area (Å²) < 4.78 is 2.45. The number of likely N-dealkylation sites (N-methyl/N-ethyl adjacent to an activating group) is 1. The van der Waals surface area contributed by atoms with Crippen LogP contribution in [0.4, 0.5) is 0 Å². The molecule has 0 radical (unpaired) electrons. The summed E-state index contributed by atoms with van der Waals surface area (Å²) in [5.74, 6) is 0. The van der Waals surface area contributed by atoms with Crippen molar-refractivity contribution < 1.29 is 0 Å². The molecule has 2 heterocycles. The maximum absolute atomic E-state index is 2.45. The monoisotopic (exact) mass is 366 g/mol. The normalized spacial score (nSPS) is 15.3. The SMILES string of the molecule is C/C(=C/n1c2c(c3cc(C)ccc31)CN(C)CC2)c1ccc2ccccc2c1. The lowest BCUT2D eigenvalue weighted by atomic mass is 10.0. The van der Waals surface area contributed by atoms with Crippen LogP contribution in [0.15, 0.2) is 60.7 Å². The third-order valence-corrected chi connectivity index (χ3v) is 6.06. The standard InChI is InChI=1S/C26H26N2/c1-18-8-11-25-23(14-18)24-17-27(3)13-12-26(24)28(25)16-19(2)21-10-9-20-6-4-5-7-22(20)15-21/h4-11,14-16H,12-13,17H2,1-3H3/b19-16-. The summed E-state index contributed by atoms with van der Waals surface area (Å²) in [5, 5.41) is 4.00. The minimum atomic E-state index is 1.03. The van der Waals surface area contributed by atoms with Crippen molar-refractivity contribution in [1.82, 2.24) is 9.47 Å². The van der Waals surface area contributed by atoms with E-state index >= 15 is 0 Å². The summed E-state index contributed by atoms with van der Waals surface area (Å²) in [6.07, 6.45) is 3.44. The molecule has 140 valence electrons. The van der Waals surface area contributed by atoms with Crippen LogP contribution in [0.25, 0.3) is 33.4 Å². The van der Waals surface area contributed by atoms with E-state index in [1.807, 2.05) is 0 Å². The van der Waals surface area contributed by atoms with Gasteiger partial charge >= 0.3 is 0 Å². The lowest BCUT2D eigenvalue weighted by Crippen LogP contribution is -2.26. The van der Waals surface area contributed by atoms with E-state index in [-0.39, 0.29) is 0 Å². The Bertz CT molecular complexity index is 1230. The number of rotatable bonds is 2. The van der Waals surface area contributed by atoms with E-state index in [1.54, 1.807) is 0 Å². The molecule has 1 aromatic heterocycles. The average Bonchev–Trinajstić information content (AvgIpc) is 2.99. The number of aromatic nitrogens is 1. The molecule has 0 aliphatic carbocycles. The molecule has 2 nitrogen and oxygen atoms in total. The van der Waals surface area contributed by atoms with E-state index in [1.165, 1.54) is 49.6 Å². The fourth-order valence-corrected chi connectivity index (χ4v) is 4.49. The predicted octanol–water partition coefficient (Wildman–Crippen LogP) is 6.11. The Kier molecular flexibility index (Phi) is 4.10. The lowest BCUT2D eigenvalue weighted by Gasteiger charge is -2.23. The number of fused-ring (bicyclic) bond motifs is 4. The van der Waals surface area contributed by atoms with Gasteiger partial charge < -0.3 is 9.47 Å². The van der Waals surface area contributed by atoms with Gasteiger partial charge in [-0.1, -0.05) is 48.0 Å². The van der Waals surface area contributed by atoms with Gasteiger partial charge in [-0.2, -0.15) is 0 Å². The van der Waals surface area contributed by atoms with E-state index in [2.05, 4.69) is 97.2 Å². The van der Waals surface area contributed by atoms with E-state index in [0.717, 1.165) is 19.5 Å². The molecule has 4 aromatic rings. The second-order valence-electron chi connectivity index (χ2n) is 8.18. The Balaban J connectivity index is 1.67. The molecule has 1 aliphatic rings. The number of allylic oxidation sites excluding steroid dienone is 1. The highest BCUT2D eigenvalue weighted by atomic mass is 15.1. The molecule has 2 heteroatoms. The van der Waals surface area contributed by atoms with Crippen LogP contribution in [0.5, 0.6) is 0 Å². The zero-order chi connectivity index (χ0) is 19.3. The van der Waals surface area contributed by atoms with Crippen molar-refractivity contribution in [2.75, 3.05) is 13.6 Å². The fraction of sp³-hybridized carbons (Fsp3) is 0.231. The van der Waals surface area contributed by atoms with Crippen molar-refractivity contribution in [3.05, 3.63) is 83.0 Å². The largest absolute Gasteiger partial charge is 0.320 e. The van der Waals surface area contributed by atoms with Crippen LogP contribution in [0.1, 0.15) is 29.3 Å². The molecule has 0 saturated heterocycles. The van der Waals surface area contributed by atoms with Gasteiger partial charge in [-0.15, -0.1) is 0 Å². The first-order valence-corrected chi connectivity index (χ1v) is 10.1. The highest BCUT2D eigenvalue weighted by Crippen LogP contribution is 2.33. The summed E-state index contributed by atoms with van der Waals surface area (Å²) in [6.45, 7) is 6.56. The molecular weight excluding hydrogens is 340 g/mol. The van der Waals surface area contributed by atoms with Crippen LogP contribution in [0.3, 0.4) is 0 Å². The summed E-state index contributed by atoms with van der Waals surface area (Å²) in [7, 11) is 2.22. The van der Waals surface area contributed by atoms with Gasteiger partial charge in [0.1, 0.15) is 0 Å². The smallest absolute Gasteiger partial charge is 0.0529 e. The lowest BCUT2D eigenvalue weighted by molar-refractivity contribution is 0.312. The molecule has 5 rings (SSSR count). The second kappa shape index (κ2) is 6.65. The fourth-order valence-electron chi connectivity index (χ4n) is 4.49. The molecular formula is C26H26N2. The summed E-state index contributed by atoms with van der Waals surface area (Å²) in [5.41, 5.74) is 8.20. The molecule has 28 heavy (non-hydrogen) atoms. The van der Waals surface area contributed by atoms with Crippen LogP contribution in [-0.2, 0) is 13.0 Å². The van der Waals surface area contributed by atoms with Crippen LogP contribution >= 0.6 is 0 Å². The van der Waals surface area contributed by atoms with Crippen molar-refractivity contribution in [1.29, 1.82) is 0 Å². The molecule has 0 N–H and O–H groups in total. The number of aryl methyl sites for hydroxylation is 1.